The molecular formula is C21H26N2O3S. The third-order valence-electron chi connectivity index (χ3n) is 4.80. The molecule has 1 N–H and O–H groups in total. The van der Waals surface area contributed by atoms with Gasteiger partial charge in [0.15, 0.2) is 0 Å². The maximum Gasteiger partial charge on any atom is 0.255 e. The van der Waals surface area contributed by atoms with Crippen LogP contribution in [-0.2, 0) is 16.4 Å². The van der Waals surface area contributed by atoms with E-state index in [1.807, 2.05) is 24.3 Å². The Bertz CT molecular complexity index is 875. The van der Waals surface area contributed by atoms with Gasteiger partial charge in [-0.2, -0.15) is 0 Å². The number of hydrogen-bond donors (Lipinski definition) is 1. The van der Waals surface area contributed by atoms with E-state index in [2.05, 4.69) is 12.2 Å². The first-order valence-electron chi connectivity index (χ1n) is 9.50. The molecule has 27 heavy (non-hydrogen) atoms. The lowest BCUT2D eigenvalue weighted by molar-refractivity contribution is 0.102. The third-order valence-corrected chi connectivity index (χ3v) is 6.67. The van der Waals surface area contributed by atoms with Crippen LogP contribution < -0.4 is 9.62 Å². The molecule has 0 aromatic heterocycles. The van der Waals surface area contributed by atoms with Crippen molar-refractivity contribution in [1.29, 1.82) is 0 Å². The van der Waals surface area contributed by atoms with Crippen LogP contribution in [0.25, 0.3) is 0 Å². The van der Waals surface area contributed by atoms with Crippen LogP contribution in [0.5, 0.6) is 0 Å². The van der Waals surface area contributed by atoms with Gasteiger partial charge >= 0.3 is 0 Å². The van der Waals surface area contributed by atoms with Gasteiger partial charge in [-0.1, -0.05) is 31.9 Å². The number of anilines is 2. The first-order chi connectivity index (χ1) is 13.0. The molecule has 0 aliphatic carbocycles. The summed E-state index contributed by atoms with van der Waals surface area (Å²) in [5.41, 5.74) is 3.14. The number of benzene rings is 2. The molecule has 0 bridgehead atoms. The van der Waals surface area contributed by atoms with Crippen LogP contribution in [0.1, 0.15) is 48.5 Å². The molecule has 2 aromatic rings. The number of sulfonamides is 1. The van der Waals surface area contributed by atoms with Crippen LogP contribution in [0.15, 0.2) is 48.5 Å². The Morgan fingerprint density at radius 3 is 2.33 bits per heavy atom. The number of carbonyl (C=O) groups is 1. The van der Waals surface area contributed by atoms with Gasteiger partial charge in [-0.05, 0) is 61.2 Å². The van der Waals surface area contributed by atoms with Crippen molar-refractivity contribution >= 4 is 27.3 Å². The molecule has 1 saturated heterocycles. The van der Waals surface area contributed by atoms with Gasteiger partial charge in [0.25, 0.3) is 5.91 Å². The van der Waals surface area contributed by atoms with Gasteiger partial charge < -0.3 is 5.32 Å². The molecule has 144 valence electrons. The summed E-state index contributed by atoms with van der Waals surface area (Å²) in [6.07, 6.45) is 5.31. The number of nitrogens with one attached hydrogen (secondary N) is 1. The highest BCUT2D eigenvalue weighted by atomic mass is 32.2. The second kappa shape index (κ2) is 8.57. The van der Waals surface area contributed by atoms with Crippen molar-refractivity contribution < 1.29 is 13.2 Å². The lowest BCUT2D eigenvalue weighted by Crippen LogP contribution is -2.25. The normalized spacial score (nSPS) is 15.7. The third kappa shape index (κ3) is 4.89. The maximum atomic E-state index is 12.4. The average molecular weight is 387 g/mol. The Morgan fingerprint density at radius 2 is 1.74 bits per heavy atom. The Morgan fingerprint density at radius 1 is 1.04 bits per heavy atom. The molecular weight excluding hydrogens is 360 g/mol. The van der Waals surface area contributed by atoms with Crippen LogP contribution >= 0.6 is 0 Å². The Kier molecular flexibility index (Phi) is 6.16. The number of hydrogen-bond acceptors (Lipinski definition) is 3. The summed E-state index contributed by atoms with van der Waals surface area (Å²) in [4.78, 5) is 12.4. The van der Waals surface area contributed by atoms with E-state index in [1.54, 1.807) is 24.3 Å². The summed E-state index contributed by atoms with van der Waals surface area (Å²) < 4.78 is 25.4. The minimum absolute atomic E-state index is 0.184. The van der Waals surface area contributed by atoms with Gasteiger partial charge in [0.05, 0.1) is 11.4 Å². The molecule has 2 aromatic carbocycles. The fourth-order valence-electron chi connectivity index (χ4n) is 3.25. The summed E-state index contributed by atoms with van der Waals surface area (Å²) in [5, 5.41) is 2.89. The predicted molar refractivity (Wildman–Crippen MR) is 110 cm³/mol. The van der Waals surface area contributed by atoms with Crippen LogP contribution in [0.4, 0.5) is 11.4 Å². The molecule has 1 amide bonds. The van der Waals surface area contributed by atoms with E-state index in [1.165, 1.54) is 29.1 Å². The molecule has 1 aliphatic heterocycles. The molecule has 6 heteroatoms. The number of amides is 1. The topological polar surface area (TPSA) is 66.5 Å². The monoisotopic (exact) mass is 386 g/mol. The highest BCUT2D eigenvalue weighted by molar-refractivity contribution is 7.93. The molecule has 1 heterocycles. The highest BCUT2D eigenvalue weighted by Crippen LogP contribution is 2.24. The Hall–Kier alpha value is -2.34. The zero-order valence-corrected chi connectivity index (χ0v) is 16.5. The lowest BCUT2D eigenvalue weighted by Gasteiger charge is -2.17. The van der Waals surface area contributed by atoms with E-state index in [4.69, 9.17) is 0 Å². The minimum atomic E-state index is -3.20. The molecule has 0 radical (unpaired) electrons. The molecule has 1 aliphatic rings. The van der Waals surface area contributed by atoms with E-state index in [0.29, 0.717) is 24.2 Å². The van der Waals surface area contributed by atoms with Crippen molar-refractivity contribution in [3.05, 3.63) is 59.7 Å². The highest BCUT2D eigenvalue weighted by Gasteiger charge is 2.28. The van der Waals surface area contributed by atoms with E-state index in [9.17, 15) is 13.2 Å². The van der Waals surface area contributed by atoms with Gasteiger partial charge in [0.2, 0.25) is 10.0 Å². The summed E-state index contributed by atoms with van der Waals surface area (Å²) in [6, 6.07) is 14.6. The molecule has 0 unspecified atom stereocenters. The van der Waals surface area contributed by atoms with Crippen molar-refractivity contribution in [3.8, 4) is 0 Å². The maximum absolute atomic E-state index is 12.4. The zero-order valence-electron chi connectivity index (χ0n) is 15.6. The molecule has 0 atom stereocenters. The first kappa shape index (κ1) is 19.4. The standard InChI is InChI=1S/C21H26N2O3S/c1-2-3-4-6-17-7-11-19(12-8-17)22-21(24)18-9-13-20(14-10-18)23-15-5-16-27(23,25)26/h7-14H,2-6,15-16H2,1H3,(H,22,24). The fourth-order valence-corrected chi connectivity index (χ4v) is 4.81. The molecule has 5 nitrogen and oxygen atoms in total. The average Bonchev–Trinajstić information content (AvgIpc) is 3.02. The largest absolute Gasteiger partial charge is 0.322 e. The van der Waals surface area contributed by atoms with Gasteiger partial charge in [-0.3, -0.25) is 9.10 Å². The van der Waals surface area contributed by atoms with E-state index in [-0.39, 0.29) is 11.7 Å². The van der Waals surface area contributed by atoms with Crippen molar-refractivity contribution in [3.63, 3.8) is 0 Å². The van der Waals surface area contributed by atoms with Crippen LogP contribution in [0.3, 0.4) is 0 Å². The number of rotatable bonds is 7. The second-order valence-electron chi connectivity index (χ2n) is 6.90. The van der Waals surface area contributed by atoms with E-state index < -0.39 is 10.0 Å². The Balaban J connectivity index is 1.61. The lowest BCUT2D eigenvalue weighted by atomic mass is 10.1. The van der Waals surface area contributed by atoms with Crippen molar-refractivity contribution in [2.45, 2.75) is 39.0 Å². The summed E-state index contributed by atoms with van der Waals surface area (Å²) >= 11 is 0. The van der Waals surface area contributed by atoms with Crippen molar-refractivity contribution in [2.24, 2.45) is 0 Å². The van der Waals surface area contributed by atoms with E-state index >= 15 is 0 Å². The molecule has 3 rings (SSSR count). The summed E-state index contributed by atoms with van der Waals surface area (Å²) in [7, 11) is -3.20. The quantitative estimate of drug-likeness (QED) is 0.725. The van der Waals surface area contributed by atoms with Gasteiger partial charge in [-0.15, -0.1) is 0 Å². The van der Waals surface area contributed by atoms with Crippen molar-refractivity contribution in [1.82, 2.24) is 0 Å². The van der Waals surface area contributed by atoms with Crippen LogP contribution in [0, 0.1) is 0 Å². The van der Waals surface area contributed by atoms with E-state index in [0.717, 1.165) is 12.1 Å². The van der Waals surface area contributed by atoms with Gasteiger partial charge in [0.1, 0.15) is 0 Å². The molecule has 0 saturated carbocycles. The Labute approximate surface area is 161 Å². The second-order valence-corrected chi connectivity index (χ2v) is 8.91. The number of carbonyl (C=O) groups excluding carboxylic acids is 1. The van der Waals surface area contributed by atoms with Crippen molar-refractivity contribution in [2.75, 3.05) is 21.9 Å². The number of unbranched alkanes of at least 4 members (excludes halogenated alkanes) is 2. The van der Waals surface area contributed by atoms with Gasteiger partial charge in [0, 0.05) is 17.8 Å². The SMILES string of the molecule is CCCCCc1ccc(NC(=O)c2ccc(N3CCCS3(=O)=O)cc2)cc1. The smallest absolute Gasteiger partial charge is 0.255 e. The summed E-state index contributed by atoms with van der Waals surface area (Å²) in [5.74, 6) is -0.0199. The first-order valence-corrected chi connectivity index (χ1v) is 11.1. The van der Waals surface area contributed by atoms with Crippen LogP contribution in [-0.4, -0.2) is 26.6 Å². The van der Waals surface area contributed by atoms with Crippen LogP contribution in [0.2, 0.25) is 0 Å². The number of nitrogens with zero attached hydrogens (tertiary/aromatic N) is 1. The molecule has 0 spiro atoms. The molecule has 1 fully saturated rings. The number of aryl methyl sites for hydroxylation is 1. The fraction of sp³-hybridized carbons (Fsp3) is 0.381. The predicted octanol–water partition coefficient (Wildman–Crippen LogP) is 4.21. The van der Waals surface area contributed by atoms with Gasteiger partial charge in [-0.25, -0.2) is 8.42 Å². The summed E-state index contributed by atoms with van der Waals surface area (Å²) in [6.45, 7) is 2.69. The zero-order chi connectivity index (χ0) is 19.3. The minimum Gasteiger partial charge on any atom is -0.322 e.